The summed E-state index contributed by atoms with van der Waals surface area (Å²) in [5, 5.41) is 10.7. The van der Waals surface area contributed by atoms with Gasteiger partial charge in [0.25, 0.3) is 0 Å². The van der Waals surface area contributed by atoms with E-state index in [9.17, 15) is 19.5 Å². The summed E-state index contributed by atoms with van der Waals surface area (Å²) < 4.78 is 28.5. The number of carbonyl (C=O) groups excluding carboxylic acids is 3. The first kappa shape index (κ1) is 56.5. The van der Waals surface area contributed by atoms with Gasteiger partial charge in [-0.1, -0.05) is 161 Å². The molecule has 0 fully saturated rings. The number of esters is 3. The lowest BCUT2D eigenvalue weighted by Gasteiger charge is -2.09. The van der Waals surface area contributed by atoms with Crippen LogP contribution in [0.25, 0.3) is 0 Å². The maximum Gasteiger partial charge on any atom is 0.343 e. The molecule has 0 radical (unpaired) electrons. The van der Waals surface area contributed by atoms with Crippen LogP contribution in [-0.2, 0) is 0 Å². The lowest BCUT2D eigenvalue weighted by molar-refractivity contribution is 0.0723. The number of hydrogen-bond acceptors (Lipinski definition) is 10. The molecule has 1 N–H and O–H groups in total. The number of benzene rings is 5. The highest BCUT2D eigenvalue weighted by atomic mass is 16.5. The molecule has 0 bridgehead atoms. The van der Waals surface area contributed by atoms with Crippen molar-refractivity contribution in [3.05, 3.63) is 138 Å². The first-order valence-corrected chi connectivity index (χ1v) is 27.0. The van der Waals surface area contributed by atoms with Gasteiger partial charge in [0, 0.05) is 23.9 Å². The molecule has 0 heterocycles. The van der Waals surface area contributed by atoms with E-state index in [1.54, 1.807) is 84.9 Å². The van der Waals surface area contributed by atoms with Crippen LogP contribution in [0.5, 0.6) is 34.5 Å². The lowest BCUT2D eigenvalue weighted by Crippen LogP contribution is -2.10. The molecular weight excluding hydrogens is 903 g/mol. The molecule has 0 saturated heterocycles. The Labute approximate surface area is 429 Å². The minimum absolute atomic E-state index is 0.134. The van der Waals surface area contributed by atoms with E-state index in [0.29, 0.717) is 47.1 Å². The molecule has 0 aliphatic rings. The molecule has 0 aliphatic heterocycles. The molecule has 386 valence electrons. The third kappa shape index (κ3) is 22.3. The number of phenols is 1. The second-order valence-corrected chi connectivity index (χ2v) is 18.7. The van der Waals surface area contributed by atoms with E-state index in [4.69, 9.17) is 23.7 Å². The molecule has 10 heteroatoms. The molecule has 0 saturated carbocycles. The summed E-state index contributed by atoms with van der Waals surface area (Å²) >= 11 is 0. The smallest absolute Gasteiger partial charge is 0.343 e. The van der Waals surface area contributed by atoms with Gasteiger partial charge in [-0.15, -0.1) is 0 Å². The van der Waals surface area contributed by atoms with Crippen molar-refractivity contribution >= 4 is 29.8 Å². The molecule has 0 aliphatic carbocycles. The topological polar surface area (TPSA) is 130 Å². The van der Waals surface area contributed by atoms with Crippen LogP contribution >= 0.6 is 0 Å². The quantitative estimate of drug-likeness (QED) is 0.0180. The van der Waals surface area contributed by atoms with E-state index in [0.717, 1.165) is 25.7 Å². The number of aromatic hydroxyl groups is 1. The summed E-state index contributed by atoms with van der Waals surface area (Å²) in [6, 6.07) is 31.0. The Morgan fingerprint density at radius 2 is 0.750 bits per heavy atom. The van der Waals surface area contributed by atoms with Crippen molar-refractivity contribution in [1.82, 2.24) is 0 Å². The molecule has 10 nitrogen and oxygen atoms in total. The summed E-state index contributed by atoms with van der Waals surface area (Å²) in [6.07, 6.45) is 32.4. The van der Waals surface area contributed by atoms with Crippen molar-refractivity contribution < 1.29 is 43.2 Å². The highest BCUT2D eigenvalue weighted by Crippen LogP contribution is 2.27. The van der Waals surface area contributed by atoms with Crippen LogP contribution in [0.15, 0.2) is 120 Å². The van der Waals surface area contributed by atoms with E-state index in [-0.39, 0.29) is 28.6 Å². The molecule has 0 aromatic heterocycles. The van der Waals surface area contributed by atoms with Gasteiger partial charge in [-0.3, -0.25) is 4.99 Å². The van der Waals surface area contributed by atoms with Gasteiger partial charge in [-0.2, -0.15) is 0 Å². The molecule has 5 aromatic rings. The van der Waals surface area contributed by atoms with Gasteiger partial charge < -0.3 is 28.8 Å². The number of aliphatic imine (C=N–C) groups is 1. The van der Waals surface area contributed by atoms with Crippen LogP contribution < -0.4 is 23.7 Å². The number of ether oxygens (including phenoxy) is 5. The zero-order valence-corrected chi connectivity index (χ0v) is 43.1. The number of phenolic OH excluding ortho intramolecular Hbond substituents is 1. The van der Waals surface area contributed by atoms with Crippen LogP contribution in [0.1, 0.15) is 205 Å². The van der Waals surface area contributed by atoms with Crippen LogP contribution in [0, 0.1) is 0 Å². The van der Waals surface area contributed by atoms with Gasteiger partial charge in [0.1, 0.15) is 34.5 Å². The van der Waals surface area contributed by atoms with Crippen molar-refractivity contribution in [1.29, 1.82) is 0 Å². The van der Waals surface area contributed by atoms with Crippen LogP contribution in [0.4, 0.5) is 5.69 Å². The van der Waals surface area contributed by atoms with E-state index in [1.807, 2.05) is 0 Å². The molecular formula is C62H79NO9. The Morgan fingerprint density at radius 1 is 0.403 bits per heavy atom. The largest absolute Gasteiger partial charge is 0.507 e. The fourth-order valence-corrected chi connectivity index (χ4v) is 8.27. The summed E-state index contributed by atoms with van der Waals surface area (Å²) in [5.74, 6) is 0.316. The number of unbranched alkanes of at least 4 members (excludes halogenated alkanes) is 22. The summed E-state index contributed by atoms with van der Waals surface area (Å²) in [5.41, 5.74) is 1.86. The molecule has 0 atom stereocenters. The molecule has 0 amide bonds. The molecule has 0 unspecified atom stereocenters. The number of carbonyl (C=O) groups is 3. The van der Waals surface area contributed by atoms with Crippen molar-refractivity contribution in [3.8, 4) is 34.5 Å². The van der Waals surface area contributed by atoms with Crippen molar-refractivity contribution in [2.45, 2.75) is 168 Å². The van der Waals surface area contributed by atoms with Crippen LogP contribution in [0.2, 0.25) is 0 Å². The van der Waals surface area contributed by atoms with Crippen LogP contribution in [0.3, 0.4) is 0 Å². The second-order valence-electron chi connectivity index (χ2n) is 18.7. The van der Waals surface area contributed by atoms with Gasteiger partial charge in [0.15, 0.2) is 0 Å². The second kappa shape index (κ2) is 34.0. The maximum absolute atomic E-state index is 13.0. The Bertz CT molecular complexity index is 2340. The highest BCUT2D eigenvalue weighted by molar-refractivity contribution is 5.93. The zero-order valence-electron chi connectivity index (χ0n) is 43.1. The summed E-state index contributed by atoms with van der Waals surface area (Å²) in [7, 11) is 0. The lowest BCUT2D eigenvalue weighted by atomic mass is 10.1. The Hall–Kier alpha value is -6.42. The third-order valence-corrected chi connectivity index (χ3v) is 12.6. The van der Waals surface area contributed by atoms with E-state index < -0.39 is 17.9 Å². The number of nitrogens with zero attached hydrogens (tertiary/aromatic N) is 1. The minimum Gasteiger partial charge on any atom is -0.507 e. The first-order valence-electron chi connectivity index (χ1n) is 27.0. The van der Waals surface area contributed by atoms with Crippen molar-refractivity contribution in [3.63, 3.8) is 0 Å². The monoisotopic (exact) mass is 982 g/mol. The minimum atomic E-state index is -0.606. The average molecular weight is 982 g/mol. The molecule has 72 heavy (non-hydrogen) atoms. The predicted octanol–water partition coefficient (Wildman–Crippen LogP) is 17.0. The standard InChI is InChI=1S/C62H79NO9/c1-3-5-7-9-11-13-15-17-19-21-23-25-44-68-54-37-30-49(31-38-54)60(65)70-56-41-34-51(35-42-56)61(66)71-57-29-27-28-53(46-57)63-48-52-36-43-58(47-59(52)64)72-62(67)50-32-39-55(40-33-50)69-45-26-24-22-20-18-16-14-12-10-8-6-4-2/h27-43,46-48,64H,3-26,44-45H2,1-2H3. The third-order valence-electron chi connectivity index (χ3n) is 12.6. The SMILES string of the molecule is CCCCCCCCCCCCCCOc1ccc(C(=O)Oc2ccc(C(=O)Oc3cccc(N=Cc4ccc(OC(=O)c5ccc(OCCCCCCCCCCCCCC)cc5)cc4O)c3)cc2)cc1. The number of hydrogen-bond donors (Lipinski definition) is 1. The molecule has 0 spiro atoms. The Balaban J connectivity index is 0.962. The molecule has 5 rings (SSSR count). The summed E-state index contributed by atoms with van der Waals surface area (Å²) in [6.45, 7) is 5.80. The van der Waals surface area contributed by atoms with Gasteiger partial charge in [-0.25, -0.2) is 14.4 Å². The van der Waals surface area contributed by atoms with Crippen molar-refractivity contribution in [2.75, 3.05) is 13.2 Å². The van der Waals surface area contributed by atoms with E-state index >= 15 is 0 Å². The van der Waals surface area contributed by atoms with Crippen LogP contribution in [-0.4, -0.2) is 42.4 Å². The van der Waals surface area contributed by atoms with Gasteiger partial charge in [0.2, 0.25) is 0 Å². The average Bonchev–Trinajstić information content (AvgIpc) is 3.39. The van der Waals surface area contributed by atoms with Gasteiger partial charge >= 0.3 is 17.9 Å². The zero-order chi connectivity index (χ0) is 50.9. The fraction of sp³-hybridized carbons (Fsp3) is 0.452. The van der Waals surface area contributed by atoms with E-state index in [2.05, 4.69) is 18.8 Å². The molecule has 5 aromatic carbocycles. The maximum atomic E-state index is 13.0. The van der Waals surface area contributed by atoms with Crippen molar-refractivity contribution in [2.24, 2.45) is 4.99 Å². The first-order chi connectivity index (χ1) is 35.3. The van der Waals surface area contributed by atoms with Gasteiger partial charge in [-0.05, 0) is 110 Å². The highest BCUT2D eigenvalue weighted by Gasteiger charge is 2.14. The predicted molar refractivity (Wildman–Crippen MR) is 289 cm³/mol. The Kier molecular flexibility index (Phi) is 26.7. The van der Waals surface area contributed by atoms with Gasteiger partial charge in [0.05, 0.1) is 35.6 Å². The summed E-state index contributed by atoms with van der Waals surface area (Å²) in [4.78, 5) is 43.2. The normalized spacial score (nSPS) is 11.1. The Morgan fingerprint density at radius 3 is 1.15 bits per heavy atom. The fourth-order valence-electron chi connectivity index (χ4n) is 8.27. The number of rotatable bonds is 36. The van der Waals surface area contributed by atoms with E-state index in [1.165, 1.54) is 165 Å².